The molecule has 29 heavy (non-hydrogen) atoms. The molecule has 158 valence electrons. The van der Waals surface area contributed by atoms with Crippen molar-refractivity contribution in [3.8, 4) is 11.5 Å². The molecule has 0 saturated heterocycles. The molecular weight excluding hydrogens is 416 g/mol. The van der Waals surface area contributed by atoms with E-state index < -0.39 is 15.9 Å². The van der Waals surface area contributed by atoms with E-state index in [0.717, 1.165) is 18.2 Å². The van der Waals surface area contributed by atoms with E-state index in [4.69, 9.17) is 21.1 Å². The third kappa shape index (κ3) is 5.77. The molecule has 0 aliphatic heterocycles. The summed E-state index contributed by atoms with van der Waals surface area (Å²) in [5.74, 6) is 0.254. The molecule has 0 bridgehead atoms. The SMILES string of the molecule is CCCNC(=O)c1cc(OC)c(OC)cc1N(Cc1ccc(Cl)cc1)S(C)(=O)=O. The summed E-state index contributed by atoms with van der Waals surface area (Å²) >= 11 is 5.93. The van der Waals surface area contributed by atoms with Gasteiger partial charge in [-0.05, 0) is 30.2 Å². The molecule has 0 aromatic heterocycles. The molecule has 1 amide bonds. The number of hydrogen-bond donors (Lipinski definition) is 1. The standard InChI is InChI=1S/C20H25ClN2O5S/c1-5-10-22-20(24)16-11-18(27-2)19(28-3)12-17(16)23(29(4,25)26)13-14-6-8-15(21)9-7-14/h6-9,11-12H,5,10,13H2,1-4H3,(H,22,24). The fourth-order valence-electron chi connectivity index (χ4n) is 2.73. The van der Waals surface area contributed by atoms with E-state index in [0.29, 0.717) is 23.1 Å². The molecule has 2 rings (SSSR count). The van der Waals surface area contributed by atoms with Crippen LogP contribution in [-0.4, -0.2) is 41.3 Å². The first-order chi connectivity index (χ1) is 13.7. The van der Waals surface area contributed by atoms with E-state index in [9.17, 15) is 13.2 Å². The number of carbonyl (C=O) groups excluding carboxylic acids is 1. The molecule has 2 aromatic rings. The van der Waals surface area contributed by atoms with Crippen LogP contribution >= 0.6 is 11.6 Å². The van der Waals surface area contributed by atoms with Crippen LogP contribution in [0.3, 0.4) is 0 Å². The first kappa shape index (κ1) is 22.8. The second-order valence-electron chi connectivity index (χ2n) is 6.38. The van der Waals surface area contributed by atoms with Crippen molar-refractivity contribution in [2.24, 2.45) is 0 Å². The van der Waals surface area contributed by atoms with Gasteiger partial charge in [-0.15, -0.1) is 0 Å². The minimum atomic E-state index is -3.72. The highest BCUT2D eigenvalue weighted by molar-refractivity contribution is 7.92. The summed E-state index contributed by atoms with van der Waals surface area (Å²) in [5.41, 5.74) is 1.10. The zero-order valence-electron chi connectivity index (χ0n) is 16.9. The number of hydrogen-bond acceptors (Lipinski definition) is 5. The Morgan fingerprint density at radius 3 is 2.21 bits per heavy atom. The quantitative estimate of drug-likeness (QED) is 0.645. The van der Waals surface area contributed by atoms with E-state index >= 15 is 0 Å². The fourth-order valence-corrected chi connectivity index (χ4v) is 3.74. The lowest BCUT2D eigenvalue weighted by Gasteiger charge is -2.26. The van der Waals surface area contributed by atoms with E-state index in [-0.39, 0.29) is 17.8 Å². The van der Waals surface area contributed by atoms with E-state index in [1.807, 2.05) is 6.92 Å². The Balaban J connectivity index is 2.63. The van der Waals surface area contributed by atoms with Crippen LogP contribution in [0.15, 0.2) is 36.4 Å². The van der Waals surface area contributed by atoms with Gasteiger partial charge in [0, 0.05) is 17.6 Å². The Bertz CT molecular complexity index is 962. The molecule has 0 atom stereocenters. The molecule has 7 nitrogen and oxygen atoms in total. The molecule has 2 aromatic carbocycles. The molecule has 0 saturated carbocycles. The first-order valence-corrected chi connectivity index (χ1v) is 11.2. The second kappa shape index (κ2) is 9.84. The van der Waals surface area contributed by atoms with Crippen molar-refractivity contribution in [2.75, 3.05) is 31.3 Å². The smallest absolute Gasteiger partial charge is 0.253 e. The highest BCUT2D eigenvalue weighted by Crippen LogP contribution is 2.37. The van der Waals surface area contributed by atoms with Gasteiger partial charge in [-0.3, -0.25) is 9.10 Å². The van der Waals surface area contributed by atoms with Crippen molar-refractivity contribution in [3.05, 3.63) is 52.5 Å². The number of benzene rings is 2. The minimum Gasteiger partial charge on any atom is -0.493 e. The predicted octanol–water partition coefficient (Wildman–Crippen LogP) is 3.46. The molecule has 0 unspecified atom stereocenters. The number of carbonyl (C=O) groups is 1. The topological polar surface area (TPSA) is 84.9 Å². The number of sulfonamides is 1. The number of amides is 1. The van der Waals surface area contributed by atoms with Crippen LogP contribution in [0.4, 0.5) is 5.69 Å². The lowest BCUT2D eigenvalue weighted by molar-refractivity contribution is 0.0954. The maximum Gasteiger partial charge on any atom is 0.253 e. The van der Waals surface area contributed by atoms with E-state index in [1.54, 1.807) is 24.3 Å². The number of rotatable bonds is 9. The predicted molar refractivity (Wildman–Crippen MR) is 115 cm³/mol. The van der Waals surface area contributed by atoms with Crippen molar-refractivity contribution in [3.63, 3.8) is 0 Å². The van der Waals surface area contributed by atoms with Gasteiger partial charge in [0.2, 0.25) is 10.0 Å². The number of methoxy groups -OCH3 is 2. The van der Waals surface area contributed by atoms with Gasteiger partial charge in [-0.2, -0.15) is 0 Å². The van der Waals surface area contributed by atoms with Crippen LogP contribution in [-0.2, 0) is 16.6 Å². The van der Waals surface area contributed by atoms with Gasteiger partial charge >= 0.3 is 0 Å². The van der Waals surface area contributed by atoms with E-state index in [1.165, 1.54) is 30.7 Å². The van der Waals surface area contributed by atoms with E-state index in [2.05, 4.69) is 5.32 Å². The molecule has 0 aliphatic rings. The van der Waals surface area contributed by atoms with Gasteiger partial charge in [0.15, 0.2) is 11.5 Å². The average molecular weight is 441 g/mol. The van der Waals surface area contributed by atoms with Crippen molar-refractivity contribution in [1.82, 2.24) is 5.32 Å². The normalized spacial score (nSPS) is 11.1. The average Bonchev–Trinajstić information content (AvgIpc) is 2.69. The summed E-state index contributed by atoms with van der Waals surface area (Å²) in [6, 6.07) is 9.81. The maximum absolute atomic E-state index is 12.8. The Kier molecular flexibility index (Phi) is 7.75. The van der Waals surface area contributed by atoms with Crippen LogP contribution in [0, 0.1) is 0 Å². The fraction of sp³-hybridized carbons (Fsp3) is 0.350. The van der Waals surface area contributed by atoms with Gasteiger partial charge in [0.05, 0.1) is 38.3 Å². The highest BCUT2D eigenvalue weighted by atomic mass is 35.5. The number of nitrogens with one attached hydrogen (secondary N) is 1. The Labute approximate surface area is 176 Å². The summed E-state index contributed by atoms with van der Waals surface area (Å²) in [4.78, 5) is 12.8. The zero-order chi connectivity index (χ0) is 21.6. The molecule has 0 fully saturated rings. The lowest BCUT2D eigenvalue weighted by atomic mass is 10.1. The van der Waals surface area contributed by atoms with Gasteiger partial charge in [-0.1, -0.05) is 30.7 Å². The largest absolute Gasteiger partial charge is 0.493 e. The van der Waals surface area contributed by atoms with Crippen molar-refractivity contribution < 1.29 is 22.7 Å². The Morgan fingerprint density at radius 2 is 1.69 bits per heavy atom. The molecule has 0 aliphatic carbocycles. The molecule has 0 radical (unpaired) electrons. The summed E-state index contributed by atoms with van der Waals surface area (Å²) in [7, 11) is -0.825. The molecule has 0 spiro atoms. The number of ether oxygens (including phenoxy) is 2. The first-order valence-electron chi connectivity index (χ1n) is 8.97. The maximum atomic E-state index is 12.8. The van der Waals surface area contributed by atoms with Crippen molar-refractivity contribution in [1.29, 1.82) is 0 Å². The number of nitrogens with zero attached hydrogens (tertiary/aromatic N) is 1. The van der Waals surface area contributed by atoms with Gasteiger partial charge in [0.25, 0.3) is 5.91 Å². The Morgan fingerprint density at radius 1 is 1.10 bits per heavy atom. The van der Waals surface area contributed by atoms with Crippen molar-refractivity contribution >= 4 is 33.2 Å². The van der Waals surface area contributed by atoms with Crippen LogP contribution in [0.5, 0.6) is 11.5 Å². The summed E-state index contributed by atoms with van der Waals surface area (Å²) in [5, 5.41) is 3.33. The second-order valence-corrected chi connectivity index (χ2v) is 8.72. The summed E-state index contributed by atoms with van der Waals surface area (Å²) in [6.45, 7) is 2.42. The molecule has 1 N–H and O–H groups in total. The van der Waals surface area contributed by atoms with Crippen LogP contribution < -0.4 is 19.1 Å². The highest BCUT2D eigenvalue weighted by Gasteiger charge is 2.26. The van der Waals surface area contributed by atoms with Gasteiger partial charge in [-0.25, -0.2) is 8.42 Å². The number of anilines is 1. The monoisotopic (exact) mass is 440 g/mol. The van der Waals surface area contributed by atoms with Gasteiger partial charge < -0.3 is 14.8 Å². The minimum absolute atomic E-state index is 0.0273. The molecule has 9 heteroatoms. The van der Waals surface area contributed by atoms with Crippen LogP contribution in [0.2, 0.25) is 5.02 Å². The van der Waals surface area contributed by atoms with Gasteiger partial charge in [0.1, 0.15) is 0 Å². The third-order valence-electron chi connectivity index (χ3n) is 4.19. The van der Waals surface area contributed by atoms with Crippen LogP contribution in [0.25, 0.3) is 0 Å². The molecule has 0 heterocycles. The third-order valence-corrected chi connectivity index (χ3v) is 5.57. The van der Waals surface area contributed by atoms with Crippen LogP contribution in [0.1, 0.15) is 29.3 Å². The number of halogens is 1. The Hall–Kier alpha value is -2.45. The van der Waals surface area contributed by atoms with Crippen molar-refractivity contribution in [2.45, 2.75) is 19.9 Å². The lowest BCUT2D eigenvalue weighted by Crippen LogP contribution is -2.33. The molecular formula is C20H25ClN2O5S. The summed E-state index contributed by atoms with van der Waals surface area (Å²) < 4.78 is 37.1. The summed E-state index contributed by atoms with van der Waals surface area (Å²) in [6.07, 6.45) is 1.84. The zero-order valence-corrected chi connectivity index (χ0v) is 18.4.